The highest BCUT2D eigenvalue weighted by Crippen LogP contribution is 2.30. The minimum absolute atomic E-state index is 0.142. The molecule has 0 radical (unpaired) electrons. The molecule has 6 heteroatoms. The fourth-order valence-electron chi connectivity index (χ4n) is 4.19. The minimum atomic E-state index is -0.142. The molecule has 2 fully saturated rings. The Morgan fingerprint density at radius 1 is 1.10 bits per heavy atom. The Kier molecular flexibility index (Phi) is 5.09. The van der Waals surface area contributed by atoms with Gasteiger partial charge in [-0.2, -0.15) is 0 Å². The van der Waals surface area contributed by atoms with E-state index in [0.29, 0.717) is 5.69 Å². The number of aromatic nitrogens is 1. The molecule has 1 aromatic heterocycles. The van der Waals surface area contributed by atoms with Crippen LogP contribution < -0.4 is 15.0 Å². The summed E-state index contributed by atoms with van der Waals surface area (Å²) in [5.41, 5.74) is 3.41. The summed E-state index contributed by atoms with van der Waals surface area (Å²) < 4.78 is 5.26. The summed E-state index contributed by atoms with van der Waals surface area (Å²) in [6, 6.07) is 15.8. The highest BCUT2D eigenvalue weighted by molar-refractivity contribution is 6.06. The van der Waals surface area contributed by atoms with Crippen LogP contribution in [0.4, 0.5) is 11.4 Å². The van der Waals surface area contributed by atoms with Crippen molar-refractivity contribution in [3.05, 3.63) is 54.2 Å². The van der Waals surface area contributed by atoms with Crippen LogP contribution in [0.3, 0.4) is 0 Å². The summed E-state index contributed by atoms with van der Waals surface area (Å²) in [6.07, 6.45) is 2.82. The van der Waals surface area contributed by atoms with E-state index in [1.807, 2.05) is 36.4 Å². The first kappa shape index (κ1) is 19.0. The molecule has 2 heterocycles. The topological polar surface area (TPSA) is 60.6 Å². The van der Waals surface area contributed by atoms with E-state index >= 15 is 0 Å². The van der Waals surface area contributed by atoms with Crippen molar-refractivity contribution >= 4 is 28.2 Å². The van der Waals surface area contributed by atoms with E-state index in [1.54, 1.807) is 7.11 Å². The Hall–Kier alpha value is -2.99. The lowest BCUT2D eigenvalue weighted by Gasteiger charge is -2.36. The molecule has 156 valence electrons. The van der Waals surface area contributed by atoms with E-state index in [1.165, 1.54) is 25.1 Å². The average Bonchev–Trinajstić information content (AvgIpc) is 3.48. The van der Waals surface area contributed by atoms with Gasteiger partial charge in [-0.15, -0.1) is 0 Å². The van der Waals surface area contributed by atoms with Gasteiger partial charge < -0.3 is 19.9 Å². The second-order valence-corrected chi connectivity index (χ2v) is 8.37. The van der Waals surface area contributed by atoms with Crippen LogP contribution in [0.2, 0.25) is 0 Å². The van der Waals surface area contributed by atoms with Gasteiger partial charge in [0.05, 0.1) is 7.11 Å². The van der Waals surface area contributed by atoms with Crippen LogP contribution in [0.15, 0.2) is 48.5 Å². The zero-order valence-electron chi connectivity index (χ0n) is 17.4. The van der Waals surface area contributed by atoms with Crippen molar-refractivity contribution in [3.63, 3.8) is 0 Å². The summed E-state index contributed by atoms with van der Waals surface area (Å²) in [5.74, 6) is 1.57. The number of methoxy groups -OCH3 is 1. The summed E-state index contributed by atoms with van der Waals surface area (Å²) in [5, 5.41) is 4.02. The lowest BCUT2D eigenvalue weighted by Crippen LogP contribution is -2.47. The molecule has 1 aliphatic heterocycles. The number of hydrogen-bond donors (Lipinski definition) is 2. The number of H-pyrrole nitrogens is 1. The van der Waals surface area contributed by atoms with Crippen molar-refractivity contribution in [2.45, 2.75) is 12.8 Å². The van der Waals surface area contributed by atoms with Gasteiger partial charge in [0.1, 0.15) is 11.4 Å². The second kappa shape index (κ2) is 8.03. The quantitative estimate of drug-likeness (QED) is 0.653. The average molecular weight is 405 g/mol. The molecule has 3 aromatic rings. The Bertz CT molecular complexity index is 1050. The van der Waals surface area contributed by atoms with Crippen molar-refractivity contribution in [2.75, 3.05) is 50.1 Å². The van der Waals surface area contributed by atoms with Crippen LogP contribution in [-0.4, -0.2) is 55.6 Å². The summed E-state index contributed by atoms with van der Waals surface area (Å²) in [7, 11) is 1.64. The number of carbonyl (C=O) groups excluding carboxylic acids is 1. The zero-order valence-corrected chi connectivity index (χ0v) is 17.4. The van der Waals surface area contributed by atoms with Crippen LogP contribution in [0, 0.1) is 5.92 Å². The molecular formula is C24H28N4O2. The van der Waals surface area contributed by atoms with Crippen molar-refractivity contribution < 1.29 is 9.53 Å². The molecule has 1 aliphatic carbocycles. The molecular weight excluding hydrogens is 376 g/mol. The van der Waals surface area contributed by atoms with Crippen molar-refractivity contribution in [2.24, 2.45) is 5.92 Å². The van der Waals surface area contributed by atoms with E-state index < -0.39 is 0 Å². The third kappa shape index (κ3) is 4.14. The molecule has 0 atom stereocenters. The SMILES string of the molecule is COc1ccc2cc(C(=O)Nc3cccc(N4CCN(CC5CC5)CC4)c3)[nH]c2c1. The maximum absolute atomic E-state index is 12.8. The first-order valence-corrected chi connectivity index (χ1v) is 10.7. The molecule has 0 bridgehead atoms. The van der Waals surface area contributed by atoms with Crippen LogP contribution in [0.5, 0.6) is 5.75 Å². The predicted octanol–water partition coefficient (Wildman–Crippen LogP) is 3.96. The molecule has 30 heavy (non-hydrogen) atoms. The van der Waals surface area contributed by atoms with Crippen LogP contribution in [0.1, 0.15) is 23.3 Å². The van der Waals surface area contributed by atoms with Gasteiger partial charge in [-0.05, 0) is 55.2 Å². The van der Waals surface area contributed by atoms with E-state index in [2.05, 4.69) is 32.2 Å². The minimum Gasteiger partial charge on any atom is -0.497 e. The third-order valence-corrected chi connectivity index (χ3v) is 6.13. The number of nitrogens with one attached hydrogen (secondary N) is 2. The number of carbonyl (C=O) groups is 1. The smallest absolute Gasteiger partial charge is 0.272 e. The maximum Gasteiger partial charge on any atom is 0.272 e. The number of rotatable bonds is 6. The first-order chi connectivity index (χ1) is 14.7. The molecule has 6 nitrogen and oxygen atoms in total. The molecule has 1 saturated heterocycles. The van der Waals surface area contributed by atoms with Crippen LogP contribution in [0.25, 0.3) is 10.9 Å². The first-order valence-electron chi connectivity index (χ1n) is 10.7. The second-order valence-electron chi connectivity index (χ2n) is 8.37. The summed E-state index contributed by atoms with van der Waals surface area (Å²) in [4.78, 5) is 21.0. The van der Waals surface area contributed by atoms with E-state index in [9.17, 15) is 4.79 Å². The van der Waals surface area contributed by atoms with Gasteiger partial charge in [-0.1, -0.05) is 6.07 Å². The number of nitrogens with zero attached hydrogens (tertiary/aromatic N) is 2. The number of anilines is 2. The van der Waals surface area contributed by atoms with E-state index in [4.69, 9.17) is 4.74 Å². The van der Waals surface area contributed by atoms with Crippen molar-refractivity contribution in [1.29, 1.82) is 0 Å². The van der Waals surface area contributed by atoms with Gasteiger partial charge in [0.15, 0.2) is 0 Å². The molecule has 2 N–H and O–H groups in total. The van der Waals surface area contributed by atoms with Crippen LogP contribution in [-0.2, 0) is 0 Å². The lowest BCUT2D eigenvalue weighted by molar-refractivity contribution is 0.102. The number of hydrogen-bond acceptors (Lipinski definition) is 4. The Morgan fingerprint density at radius 3 is 2.70 bits per heavy atom. The molecule has 1 amide bonds. The van der Waals surface area contributed by atoms with Gasteiger partial charge in [0, 0.05) is 61.1 Å². The standard InChI is InChI=1S/C24H28N4O2/c1-30-21-8-7-18-13-23(26-22(18)15-21)24(29)25-19-3-2-4-20(14-19)28-11-9-27(10-12-28)16-17-5-6-17/h2-4,7-8,13-15,17,26H,5-6,9-12,16H2,1H3,(H,25,29). The molecule has 2 aliphatic rings. The Labute approximate surface area is 176 Å². The number of aromatic amines is 1. The number of ether oxygens (including phenoxy) is 1. The van der Waals surface area contributed by atoms with E-state index in [-0.39, 0.29) is 5.91 Å². The molecule has 5 rings (SSSR count). The Balaban J connectivity index is 1.24. The Morgan fingerprint density at radius 2 is 1.93 bits per heavy atom. The zero-order chi connectivity index (χ0) is 20.5. The fourth-order valence-corrected chi connectivity index (χ4v) is 4.19. The number of piperazine rings is 1. The number of amides is 1. The maximum atomic E-state index is 12.8. The fraction of sp³-hybridized carbons (Fsp3) is 0.375. The normalized spacial score (nSPS) is 17.3. The number of benzene rings is 2. The highest BCUT2D eigenvalue weighted by atomic mass is 16.5. The lowest BCUT2D eigenvalue weighted by atomic mass is 10.2. The van der Waals surface area contributed by atoms with E-state index in [0.717, 1.165) is 54.4 Å². The van der Waals surface area contributed by atoms with Gasteiger partial charge in [0.25, 0.3) is 5.91 Å². The van der Waals surface area contributed by atoms with Gasteiger partial charge in [-0.3, -0.25) is 9.69 Å². The monoisotopic (exact) mass is 404 g/mol. The molecule has 0 unspecified atom stereocenters. The molecule has 1 saturated carbocycles. The highest BCUT2D eigenvalue weighted by Gasteiger charge is 2.26. The van der Waals surface area contributed by atoms with Crippen molar-refractivity contribution in [3.8, 4) is 5.75 Å². The molecule has 0 spiro atoms. The summed E-state index contributed by atoms with van der Waals surface area (Å²) in [6.45, 7) is 5.57. The van der Waals surface area contributed by atoms with Crippen LogP contribution >= 0.6 is 0 Å². The predicted molar refractivity (Wildman–Crippen MR) is 121 cm³/mol. The van der Waals surface area contributed by atoms with Gasteiger partial charge in [0.2, 0.25) is 0 Å². The van der Waals surface area contributed by atoms with Gasteiger partial charge in [-0.25, -0.2) is 0 Å². The number of fused-ring (bicyclic) bond motifs is 1. The molecule has 2 aromatic carbocycles. The van der Waals surface area contributed by atoms with Gasteiger partial charge >= 0.3 is 0 Å². The third-order valence-electron chi connectivity index (χ3n) is 6.13. The largest absolute Gasteiger partial charge is 0.497 e. The van der Waals surface area contributed by atoms with Crippen molar-refractivity contribution in [1.82, 2.24) is 9.88 Å². The summed E-state index contributed by atoms with van der Waals surface area (Å²) >= 11 is 0.